The molecular formula is C26H28N4O3. The Morgan fingerprint density at radius 3 is 2.30 bits per heavy atom. The Morgan fingerprint density at radius 2 is 1.61 bits per heavy atom. The highest BCUT2D eigenvalue weighted by Gasteiger charge is 2.22. The molecule has 170 valence electrons. The van der Waals surface area contributed by atoms with Crippen LogP contribution in [0.2, 0.25) is 0 Å². The van der Waals surface area contributed by atoms with Gasteiger partial charge in [-0.25, -0.2) is 4.79 Å². The molecule has 4 rings (SSSR count). The van der Waals surface area contributed by atoms with Gasteiger partial charge >= 0.3 is 5.97 Å². The third-order valence-electron chi connectivity index (χ3n) is 5.88. The molecule has 1 saturated heterocycles. The summed E-state index contributed by atoms with van der Waals surface area (Å²) in [4.78, 5) is 33.3. The highest BCUT2D eigenvalue weighted by atomic mass is 16.4. The molecule has 7 heteroatoms. The first-order chi connectivity index (χ1) is 16.1. The number of nitrogens with one attached hydrogen (secondary N) is 1. The topological polar surface area (TPSA) is 85.8 Å². The van der Waals surface area contributed by atoms with E-state index in [0.717, 1.165) is 43.9 Å². The Hall–Kier alpha value is -3.71. The highest BCUT2D eigenvalue weighted by Crippen LogP contribution is 2.17. The summed E-state index contributed by atoms with van der Waals surface area (Å²) in [5, 5.41) is 12.2. The molecule has 2 heterocycles. The first-order valence-electron chi connectivity index (χ1n) is 11.1. The summed E-state index contributed by atoms with van der Waals surface area (Å²) in [7, 11) is 0. The summed E-state index contributed by atoms with van der Waals surface area (Å²) in [6, 6.07) is 19.8. The molecule has 1 atom stereocenters. The van der Waals surface area contributed by atoms with Crippen molar-refractivity contribution >= 4 is 17.6 Å². The number of carbonyl (C=O) groups excluding carboxylic acids is 1. The largest absolute Gasteiger partial charge is 0.480 e. The molecule has 2 aromatic carbocycles. The average Bonchev–Trinajstić information content (AvgIpc) is 2.85. The van der Waals surface area contributed by atoms with E-state index < -0.39 is 12.0 Å². The first-order valence-corrected chi connectivity index (χ1v) is 11.1. The third-order valence-corrected chi connectivity index (χ3v) is 5.88. The normalized spacial score (nSPS) is 15.1. The van der Waals surface area contributed by atoms with Crippen LogP contribution in [0.4, 0.5) is 5.69 Å². The lowest BCUT2D eigenvalue weighted by molar-refractivity contribution is -0.139. The molecule has 1 aromatic heterocycles. The van der Waals surface area contributed by atoms with Crippen LogP contribution in [0, 0.1) is 0 Å². The number of aliphatic carboxylic acids is 1. The van der Waals surface area contributed by atoms with Crippen molar-refractivity contribution in [1.82, 2.24) is 15.2 Å². The summed E-state index contributed by atoms with van der Waals surface area (Å²) in [5.41, 5.74) is 3.56. The molecule has 33 heavy (non-hydrogen) atoms. The molecule has 3 aromatic rings. The smallest absolute Gasteiger partial charge is 0.326 e. The van der Waals surface area contributed by atoms with E-state index in [1.807, 2.05) is 73.1 Å². The van der Waals surface area contributed by atoms with E-state index in [4.69, 9.17) is 0 Å². The second kappa shape index (κ2) is 10.7. The standard InChI is InChI=1S/C26H28N4O3/c31-25(28-24(26(32)33)18-20-5-2-1-3-6-20)22-8-4-7-21(17-22)19-29-13-15-30(16-14-29)23-9-11-27-12-10-23/h1-12,17,24H,13-16,18-19H2,(H,28,31)(H,32,33). The second-order valence-corrected chi connectivity index (χ2v) is 8.22. The molecule has 1 amide bonds. The zero-order chi connectivity index (χ0) is 23.0. The van der Waals surface area contributed by atoms with Gasteiger partial charge in [-0.15, -0.1) is 0 Å². The second-order valence-electron chi connectivity index (χ2n) is 8.22. The SMILES string of the molecule is O=C(NC(Cc1ccccc1)C(=O)O)c1cccc(CN2CCN(c3ccncc3)CC2)c1. The third kappa shape index (κ3) is 6.17. The molecular weight excluding hydrogens is 416 g/mol. The zero-order valence-electron chi connectivity index (χ0n) is 18.4. The number of benzene rings is 2. The van der Waals surface area contributed by atoms with Crippen LogP contribution in [-0.2, 0) is 17.8 Å². The van der Waals surface area contributed by atoms with Crippen LogP contribution >= 0.6 is 0 Å². The van der Waals surface area contributed by atoms with E-state index in [9.17, 15) is 14.7 Å². The average molecular weight is 445 g/mol. The van der Waals surface area contributed by atoms with Gasteiger partial charge in [0.2, 0.25) is 0 Å². The van der Waals surface area contributed by atoms with Gasteiger partial charge in [-0.2, -0.15) is 0 Å². The number of rotatable bonds is 8. The van der Waals surface area contributed by atoms with E-state index in [2.05, 4.69) is 20.1 Å². The molecule has 2 N–H and O–H groups in total. The number of hydrogen-bond donors (Lipinski definition) is 2. The molecule has 0 aliphatic carbocycles. The Kier molecular flexibility index (Phi) is 7.32. The van der Waals surface area contributed by atoms with Crippen LogP contribution in [0.1, 0.15) is 21.5 Å². The van der Waals surface area contributed by atoms with Gasteiger partial charge in [-0.1, -0.05) is 42.5 Å². The van der Waals surface area contributed by atoms with Gasteiger partial charge in [0.05, 0.1) is 0 Å². The van der Waals surface area contributed by atoms with Gasteiger partial charge in [0.25, 0.3) is 5.91 Å². The minimum Gasteiger partial charge on any atom is -0.480 e. The maximum atomic E-state index is 12.8. The van der Waals surface area contributed by atoms with Gasteiger partial charge < -0.3 is 15.3 Å². The molecule has 7 nitrogen and oxygen atoms in total. The highest BCUT2D eigenvalue weighted by molar-refractivity contribution is 5.96. The minimum atomic E-state index is -1.05. The first kappa shape index (κ1) is 22.5. The van der Waals surface area contributed by atoms with Crippen molar-refractivity contribution in [1.29, 1.82) is 0 Å². The molecule has 1 aliphatic rings. The predicted octanol–water partition coefficient (Wildman–Crippen LogP) is 2.83. The van der Waals surface area contributed by atoms with Crippen molar-refractivity contribution in [2.75, 3.05) is 31.1 Å². The van der Waals surface area contributed by atoms with E-state index in [1.54, 1.807) is 6.07 Å². The number of aromatic nitrogens is 1. The molecule has 1 fully saturated rings. The van der Waals surface area contributed by atoms with E-state index in [0.29, 0.717) is 5.56 Å². The number of carboxylic acid groups (broad SMARTS) is 1. The quantitative estimate of drug-likeness (QED) is 0.556. The van der Waals surface area contributed by atoms with Crippen LogP contribution < -0.4 is 10.2 Å². The number of hydrogen-bond acceptors (Lipinski definition) is 5. The maximum Gasteiger partial charge on any atom is 0.326 e. The van der Waals surface area contributed by atoms with Crippen molar-refractivity contribution in [2.24, 2.45) is 0 Å². The van der Waals surface area contributed by atoms with E-state index in [-0.39, 0.29) is 12.3 Å². The lowest BCUT2D eigenvalue weighted by Crippen LogP contribution is -2.46. The van der Waals surface area contributed by atoms with Gasteiger partial charge in [0.1, 0.15) is 6.04 Å². The number of carbonyl (C=O) groups is 2. The fourth-order valence-electron chi connectivity index (χ4n) is 4.08. The monoisotopic (exact) mass is 444 g/mol. The van der Waals surface area contributed by atoms with E-state index in [1.165, 1.54) is 5.69 Å². The summed E-state index contributed by atoms with van der Waals surface area (Å²) >= 11 is 0. The summed E-state index contributed by atoms with van der Waals surface area (Å²) in [6.07, 6.45) is 3.86. The van der Waals surface area contributed by atoms with Crippen molar-refractivity contribution in [3.63, 3.8) is 0 Å². The lowest BCUT2D eigenvalue weighted by atomic mass is 10.0. The van der Waals surface area contributed by atoms with Crippen molar-refractivity contribution in [2.45, 2.75) is 19.0 Å². The summed E-state index contributed by atoms with van der Waals surface area (Å²) < 4.78 is 0. The minimum absolute atomic E-state index is 0.239. The molecule has 1 aliphatic heterocycles. The number of amides is 1. The number of nitrogens with zero attached hydrogens (tertiary/aromatic N) is 3. The number of carboxylic acids is 1. The molecule has 0 spiro atoms. The Labute approximate surface area is 193 Å². The maximum absolute atomic E-state index is 12.8. The van der Waals surface area contributed by atoms with Crippen LogP contribution in [0.5, 0.6) is 0 Å². The summed E-state index contributed by atoms with van der Waals surface area (Å²) in [5.74, 6) is -1.42. The number of anilines is 1. The fraction of sp³-hybridized carbons (Fsp3) is 0.269. The number of pyridine rings is 1. The fourth-order valence-corrected chi connectivity index (χ4v) is 4.08. The molecule has 0 radical (unpaired) electrons. The van der Waals surface area contributed by atoms with Crippen LogP contribution in [-0.4, -0.2) is 59.1 Å². The Balaban J connectivity index is 1.34. The predicted molar refractivity (Wildman–Crippen MR) is 127 cm³/mol. The van der Waals surface area contributed by atoms with Crippen molar-refractivity contribution < 1.29 is 14.7 Å². The molecule has 1 unspecified atom stereocenters. The van der Waals surface area contributed by atoms with Gasteiger partial charge in [0.15, 0.2) is 0 Å². The summed E-state index contributed by atoms with van der Waals surface area (Å²) in [6.45, 7) is 4.47. The van der Waals surface area contributed by atoms with Crippen LogP contribution in [0.3, 0.4) is 0 Å². The number of piperazine rings is 1. The lowest BCUT2D eigenvalue weighted by Gasteiger charge is -2.36. The van der Waals surface area contributed by atoms with Crippen molar-refractivity contribution in [3.8, 4) is 0 Å². The molecule has 0 bridgehead atoms. The van der Waals surface area contributed by atoms with Gasteiger partial charge in [0, 0.05) is 62.8 Å². The Morgan fingerprint density at radius 1 is 0.909 bits per heavy atom. The van der Waals surface area contributed by atoms with E-state index >= 15 is 0 Å². The van der Waals surface area contributed by atoms with Crippen LogP contribution in [0.15, 0.2) is 79.1 Å². The molecule has 0 saturated carbocycles. The van der Waals surface area contributed by atoms with Crippen LogP contribution in [0.25, 0.3) is 0 Å². The van der Waals surface area contributed by atoms with Crippen molar-refractivity contribution in [3.05, 3.63) is 95.8 Å². The Bertz CT molecular complexity index is 1070. The van der Waals surface area contributed by atoms with Gasteiger partial charge in [-0.3, -0.25) is 14.7 Å². The van der Waals surface area contributed by atoms with Gasteiger partial charge in [-0.05, 0) is 35.4 Å². The zero-order valence-corrected chi connectivity index (χ0v) is 18.4.